The van der Waals surface area contributed by atoms with Crippen LogP contribution in [0.5, 0.6) is 0 Å². The summed E-state index contributed by atoms with van der Waals surface area (Å²) in [6, 6.07) is 15.5. The Bertz CT molecular complexity index is 1380. The highest BCUT2D eigenvalue weighted by Crippen LogP contribution is 2.34. The van der Waals surface area contributed by atoms with Gasteiger partial charge in [-0.3, -0.25) is 0 Å². The second kappa shape index (κ2) is 7.61. The van der Waals surface area contributed by atoms with Crippen molar-refractivity contribution in [2.24, 2.45) is 0 Å². The molecular weight excluding hydrogens is 413 g/mol. The highest BCUT2D eigenvalue weighted by Gasteiger charge is 2.32. The van der Waals surface area contributed by atoms with Crippen molar-refractivity contribution in [2.75, 3.05) is 0 Å². The first-order valence-electron chi connectivity index (χ1n) is 8.64. The molecule has 0 fully saturated rings. The third-order valence-corrected chi connectivity index (χ3v) is 5.21. The lowest BCUT2D eigenvalue weighted by Crippen LogP contribution is -2.07. The van der Waals surface area contributed by atoms with E-state index in [0.29, 0.717) is 16.7 Å². The minimum absolute atomic E-state index is 0.0341. The molecule has 4 rings (SSSR count). The number of rotatable bonds is 3. The van der Waals surface area contributed by atoms with Crippen LogP contribution in [-0.4, -0.2) is 4.98 Å². The maximum atomic E-state index is 13.2. The normalized spacial score (nSPS) is 12.1. The van der Waals surface area contributed by atoms with Crippen LogP contribution in [0.4, 0.5) is 13.2 Å². The van der Waals surface area contributed by atoms with Crippen LogP contribution in [0.1, 0.15) is 16.1 Å². The van der Waals surface area contributed by atoms with Crippen molar-refractivity contribution in [3.63, 3.8) is 0 Å². The number of nitrogens with zero attached hydrogens (tertiary/aromatic N) is 2. The van der Waals surface area contributed by atoms with Crippen molar-refractivity contribution in [1.29, 1.82) is 5.26 Å². The SMILES string of the molecule is N#CC(=Cc1ccccc1C(F)(F)F)c1nc(-c2cc3ccccc3oc2=O)cs1. The molecule has 0 unspecified atom stereocenters. The Morgan fingerprint density at radius 1 is 1.13 bits per heavy atom. The van der Waals surface area contributed by atoms with E-state index < -0.39 is 17.4 Å². The highest BCUT2D eigenvalue weighted by atomic mass is 32.1. The van der Waals surface area contributed by atoms with E-state index in [-0.39, 0.29) is 21.7 Å². The summed E-state index contributed by atoms with van der Waals surface area (Å²) in [5.74, 6) is 0. The number of fused-ring (bicyclic) bond motifs is 1. The first-order valence-corrected chi connectivity index (χ1v) is 9.52. The van der Waals surface area contributed by atoms with Crippen LogP contribution < -0.4 is 5.63 Å². The van der Waals surface area contributed by atoms with Gasteiger partial charge in [0.15, 0.2) is 0 Å². The molecule has 4 nitrogen and oxygen atoms in total. The van der Waals surface area contributed by atoms with E-state index in [4.69, 9.17) is 4.42 Å². The number of para-hydroxylation sites is 1. The Morgan fingerprint density at radius 2 is 1.87 bits per heavy atom. The highest BCUT2D eigenvalue weighted by molar-refractivity contribution is 7.11. The third-order valence-electron chi connectivity index (χ3n) is 4.34. The molecule has 2 aromatic heterocycles. The number of benzene rings is 2. The molecule has 30 heavy (non-hydrogen) atoms. The Hall–Kier alpha value is -3.70. The van der Waals surface area contributed by atoms with Crippen molar-refractivity contribution in [3.05, 3.63) is 86.5 Å². The molecular formula is C22H11F3N2O2S. The number of thiazole rings is 1. The van der Waals surface area contributed by atoms with E-state index in [1.54, 1.807) is 35.7 Å². The van der Waals surface area contributed by atoms with Gasteiger partial charge in [-0.15, -0.1) is 11.3 Å². The maximum absolute atomic E-state index is 13.2. The van der Waals surface area contributed by atoms with Crippen molar-refractivity contribution in [1.82, 2.24) is 4.98 Å². The van der Waals surface area contributed by atoms with Gasteiger partial charge in [-0.25, -0.2) is 9.78 Å². The van der Waals surface area contributed by atoms with Gasteiger partial charge in [0.2, 0.25) is 0 Å². The number of halogens is 3. The molecule has 4 aromatic rings. The molecule has 0 spiro atoms. The molecule has 8 heteroatoms. The summed E-state index contributed by atoms with van der Waals surface area (Å²) < 4.78 is 45.0. The summed E-state index contributed by atoms with van der Waals surface area (Å²) in [4.78, 5) is 16.6. The first kappa shape index (κ1) is 19.6. The quantitative estimate of drug-likeness (QED) is 0.299. The van der Waals surface area contributed by atoms with E-state index in [9.17, 15) is 23.2 Å². The van der Waals surface area contributed by atoms with E-state index in [1.807, 2.05) is 6.07 Å². The van der Waals surface area contributed by atoms with E-state index in [0.717, 1.165) is 23.5 Å². The van der Waals surface area contributed by atoms with Gasteiger partial charge in [0, 0.05) is 10.8 Å². The Balaban J connectivity index is 1.77. The zero-order chi connectivity index (χ0) is 21.3. The smallest absolute Gasteiger partial charge is 0.416 e. The number of nitriles is 1. The monoisotopic (exact) mass is 424 g/mol. The lowest BCUT2D eigenvalue weighted by atomic mass is 10.0. The fraction of sp³-hybridized carbons (Fsp3) is 0.0455. The van der Waals surface area contributed by atoms with Gasteiger partial charge in [-0.1, -0.05) is 36.4 Å². The summed E-state index contributed by atoms with van der Waals surface area (Å²) >= 11 is 1.06. The predicted octanol–water partition coefficient (Wildman–Crippen LogP) is 6.00. The first-order chi connectivity index (χ1) is 14.4. The lowest BCUT2D eigenvalue weighted by Gasteiger charge is -2.09. The van der Waals surface area contributed by atoms with Gasteiger partial charge >= 0.3 is 11.8 Å². The standard InChI is InChI=1S/C22H11F3N2O2S/c23-22(24,25)17-7-3-1-5-13(17)9-15(11-26)20-27-18(12-30-20)16-10-14-6-2-4-8-19(14)29-21(16)28/h1-10,12H. The Morgan fingerprint density at radius 3 is 2.63 bits per heavy atom. The van der Waals surface area contributed by atoms with Crippen molar-refractivity contribution >= 4 is 34.0 Å². The van der Waals surface area contributed by atoms with Crippen LogP contribution in [0, 0.1) is 11.3 Å². The average molecular weight is 424 g/mol. The Kier molecular flexibility index (Phi) is 4.98. The van der Waals surface area contributed by atoms with E-state index in [1.165, 1.54) is 18.2 Å². The van der Waals surface area contributed by atoms with Crippen molar-refractivity contribution in [2.45, 2.75) is 6.18 Å². The molecule has 148 valence electrons. The number of allylic oxidation sites excluding steroid dienone is 1. The van der Waals surface area contributed by atoms with Gasteiger partial charge in [0.1, 0.15) is 16.7 Å². The molecule has 0 bridgehead atoms. The number of aromatic nitrogens is 1. The molecule has 0 amide bonds. The van der Waals surface area contributed by atoms with Crippen LogP contribution in [0.3, 0.4) is 0 Å². The molecule has 0 saturated carbocycles. The summed E-state index contributed by atoms with van der Waals surface area (Å²) in [5, 5.41) is 12.0. The zero-order valence-electron chi connectivity index (χ0n) is 15.1. The summed E-state index contributed by atoms with van der Waals surface area (Å²) in [7, 11) is 0. The molecule has 0 aliphatic carbocycles. The van der Waals surface area contributed by atoms with Crippen LogP contribution in [0.2, 0.25) is 0 Å². The minimum Gasteiger partial charge on any atom is -0.422 e. The fourth-order valence-corrected chi connectivity index (χ4v) is 3.73. The van der Waals surface area contributed by atoms with Crippen LogP contribution >= 0.6 is 11.3 Å². The fourth-order valence-electron chi connectivity index (χ4n) is 2.94. The van der Waals surface area contributed by atoms with Crippen LogP contribution in [0.15, 0.2) is 69.2 Å². The lowest BCUT2D eigenvalue weighted by molar-refractivity contribution is -0.137. The molecule has 0 radical (unpaired) electrons. The van der Waals surface area contributed by atoms with Gasteiger partial charge in [0.05, 0.1) is 22.4 Å². The zero-order valence-corrected chi connectivity index (χ0v) is 15.9. The minimum atomic E-state index is -4.55. The summed E-state index contributed by atoms with van der Waals surface area (Å²) in [5.41, 5.74) is -0.663. The van der Waals surface area contributed by atoms with Crippen LogP contribution in [-0.2, 0) is 6.18 Å². The number of alkyl halides is 3. The Labute approximate surface area is 172 Å². The second-order valence-corrected chi connectivity index (χ2v) is 7.14. The molecule has 0 aliphatic rings. The molecule has 0 saturated heterocycles. The van der Waals surface area contributed by atoms with Gasteiger partial charge < -0.3 is 4.42 Å². The molecule has 0 aliphatic heterocycles. The van der Waals surface area contributed by atoms with Gasteiger partial charge in [-0.05, 0) is 29.8 Å². The summed E-state index contributed by atoms with van der Waals surface area (Å²) in [6.45, 7) is 0. The number of hydrogen-bond acceptors (Lipinski definition) is 5. The molecule has 2 heterocycles. The van der Waals surface area contributed by atoms with Crippen molar-refractivity contribution < 1.29 is 17.6 Å². The molecule has 2 aromatic carbocycles. The third kappa shape index (κ3) is 3.75. The average Bonchev–Trinajstić information content (AvgIpc) is 3.20. The number of hydrogen-bond donors (Lipinski definition) is 0. The van der Waals surface area contributed by atoms with Crippen molar-refractivity contribution in [3.8, 4) is 17.3 Å². The van der Waals surface area contributed by atoms with E-state index >= 15 is 0 Å². The molecule has 0 atom stereocenters. The van der Waals surface area contributed by atoms with Gasteiger partial charge in [-0.2, -0.15) is 18.4 Å². The maximum Gasteiger partial charge on any atom is 0.416 e. The largest absolute Gasteiger partial charge is 0.422 e. The molecule has 0 N–H and O–H groups in total. The summed E-state index contributed by atoms with van der Waals surface area (Å²) in [6.07, 6.45) is -3.40. The topological polar surface area (TPSA) is 66.9 Å². The van der Waals surface area contributed by atoms with Gasteiger partial charge in [0.25, 0.3) is 0 Å². The van der Waals surface area contributed by atoms with E-state index in [2.05, 4.69) is 4.98 Å². The second-order valence-electron chi connectivity index (χ2n) is 6.28. The predicted molar refractivity (Wildman–Crippen MR) is 109 cm³/mol. The van der Waals surface area contributed by atoms with Crippen LogP contribution in [0.25, 0.3) is 33.9 Å².